The molecule has 1 aromatic carbocycles. The van der Waals surface area contributed by atoms with Crippen LogP contribution in [-0.2, 0) is 10.0 Å². The monoisotopic (exact) mass is 283 g/mol. The van der Waals surface area contributed by atoms with Crippen molar-refractivity contribution in [2.75, 3.05) is 13.6 Å². The zero-order valence-electron chi connectivity index (χ0n) is 11.2. The highest BCUT2D eigenvalue weighted by molar-refractivity contribution is 7.89. The van der Waals surface area contributed by atoms with Gasteiger partial charge in [-0.1, -0.05) is 12.1 Å². The van der Waals surface area contributed by atoms with Gasteiger partial charge >= 0.3 is 5.97 Å². The van der Waals surface area contributed by atoms with E-state index in [4.69, 9.17) is 5.11 Å². The van der Waals surface area contributed by atoms with Gasteiger partial charge in [0.05, 0.1) is 10.5 Å². The van der Waals surface area contributed by atoms with Crippen molar-refractivity contribution in [1.82, 2.24) is 4.31 Å². The van der Waals surface area contributed by atoms with Crippen LogP contribution in [0.4, 0.5) is 0 Å². The van der Waals surface area contributed by atoms with Gasteiger partial charge in [-0.2, -0.15) is 4.31 Å². The minimum atomic E-state index is -3.71. The molecule has 0 amide bonds. The van der Waals surface area contributed by atoms with E-state index in [1.807, 2.05) is 0 Å². The van der Waals surface area contributed by atoms with Gasteiger partial charge in [-0.25, -0.2) is 13.2 Å². The lowest BCUT2D eigenvalue weighted by Gasteiger charge is -2.18. The smallest absolute Gasteiger partial charge is 0.335 e. The molecular formula is C13H17NO4S. The van der Waals surface area contributed by atoms with Crippen LogP contribution in [0.5, 0.6) is 0 Å². The Morgan fingerprint density at radius 1 is 1.37 bits per heavy atom. The Morgan fingerprint density at radius 3 is 2.42 bits per heavy atom. The molecular weight excluding hydrogens is 266 g/mol. The van der Waals surface area contributed by atoms with E-state index in [9.17, 15) is 13.2 Å². The third-order valence-electron chi connectivity index (χ3n) is 2.83. The number of likely N-dealkylation sites (N-methyl/N-ethyl adjacent to an activating group) is 1. The molecule has 104 valence electrons. The van der Waals surface area contributed by atoms with Crippen LogP contribution in [0.1, 0.15) is 21.5 Å². The fourth-order valence-corrected chi connectivity index (χ4v) is 3.16. The van der Waals surface area contributed by atoms with Crippen molar-refractivity contribution in [3.63, 3.8) is 0 Å². The van der Waals surface area contributed by atoms with Crippen LogP contribution < -0.4 is 0 Å². The topological polar surface area (TPSA) is 74.7 Å². The molecule has 0 aliphatic carbocycles. The maximum Gasteiger partial charge on any atom is 0.335 e. The van der Waals surface area contributed by atoms with Gasteiger partial charge in [-0.05, 0) is 31.0 Å². The van der Waals surface area contributed by atoms with Crippen molar-refractivity contribution in [2.24, 2.45) is 0 Å². The molecule has 0 radical (unpaired) electrons. The fraction of sp³-hybridized carbons (Fsp3) is 0.308. The lowest BCUT2D eigenvalue weighted by atomic mass is 10.1. The number of hydrogen-bond acceptors (Lipinski definition) is 3. The Morgan fingerprint density at radius 2 is 1.95 bits per heavy atom. The molecule has 0 bridgehead atoms. The molecule has 19 heavy (non-hydrogen) atoms. The van der Waals surface area contributed by atoms with E-state index in [1.54, 1.807) is 19.9 Å². The van der Waals surface area contributed by atoms with Crippen molar-refractivity contribution in [2.45, 2.75) is 18.7 Å². The molecule has 0 aliphatic rings. The molecule has 0 atom stereocenters. The third kappa shape index (κ3) is 3.02. The van der Waals surface area contributed by atoms with Crippen molar-refractivity contribution >= 4 is 16.0 Å². The summed E-state index contributed by atoms with van der Waals surface area (Å²) in [7, 11) is -2.28. The van der Waals surface area contributed by atoms with Gasteiger partial charge in [0.25, 0.3) is 0 Å². The molecule has 1 aromatic rings. The van der Waals surface area contributed by atoms with Crippen LogP contribution in [0, 0.1) is 13.8 Å². The molecule has 1 rings (SSSR count). The van der Waals surface area contributed by atoms with Crippen LogP contribution in [0.2, 0.25) is 0 Å². The first kappa shape index (κ1) is 15.4. The Kier molecular flexibility index (Phi) is 4.49. The fourth-order valence-electron chi connectivity index (χ4n) is 1.79. The summed E-state index contributed by atoms with van der Waals surface area (Å²) in [5.74, 6) is -1.14. The number of aryl methyl sites for hydroxylation is 2. The number of rotatable bonds is 5. The second-order valence-corrected chi connectivity index (χ2v) is 6.33. The first-order valence-corrected chi connectivity index (χ1v) is 7.07. The van der Waals surface area contributed by atoms with Crippen molar-refractivity contribution < 1.29 is 18.3 Å². The molecule has 1 N–H and O–H groups in total. The van der Waals surface area contributed by atoms with Gasteiger partial charge in [0.1, 0.15) is 0 Å². The minimum absolute atomic E-state index is 0.00354. The van der Waals surface area contributed by atoms with Crippen molar-refractivity contribution in [3.8, 4) is 0 Å². The summed E-state index contributed by atoms with van der Waals surface area (Å²) in [5.41, 5.74) is 1.06. The summed E-state index contributed by atoms with van der Waals surface area (Å²) in [6.07, 6.45) is 1.47. The zero-order valence-corrected chi connectivity index (χ0v) is 12.0. The van der Waals surface area contributed by atoms with Crippen LogP contribution in [0.25, 0.3) is 0 Å². The summed E-state index contributed by atoms with van der Waals surface area (Å²) in [6.45, 7) is 6.94. The third-order valence-corrected chi connectivity index (χ3v) is 4.79. The van der Waals surface area contributed by atoms with Gasteiger partial charge < -0.3 is 5.11 Å². The second kappa shape index (κ2) is 5.54. The molecule has 0 heterocycles. The van der Waals surface area contributed by atoms with Gasteiger partial charge in [-0.3, -0.25) is 0 Å². The quantitative estimate of drug-likeness (QED) is 0.836. The van der Waals surface area contributed by atoms with Gasteiger partial charge in [-0.15, -0.1) is 6.58 Å². The van der Waals surface area contributed by atoms with Crippen molar-refractivity contribution in [1.29, 1.82) is 0 Å². The number of sulfonamides is 1. The maximum atomic E-state index is 12.3. The average Bonchev–Trinajstić information content (AvgIpc) is 2.28. The van der Waals surface area contributed by atoms with E-state index < -0.39 is 16.0 Å². The molecule has 0 aromatic heterocycles. The average molecular weight is 283 g/mol. The Labute approximate surface area is 113 Å². The summed E-state index contributed by atoms with van der Waals surface area (Å²) in [6, 6.07) is 2.78. The molecule has 0 saturated carbocycles. The number of hydrogen-bond donors (Lipinski definition) is 1. The van der Waals surface area contributed by atoms with Crippen LogP contribution >= 0.6 is 0 Å². The van der Waals surface area contributed by atoms with E-state index in [2.05, 4.69) is 6.58 Å². The van der Waals surface area contributed by atoms with Gasteiger partial charge in [0.15, 0.2) is 0 Å². The molecule has 5 nitrogen and oxygen atoms in total. The highest BCUT2D eigenvalue weighted by Crippen LogP contribution is 2.23. The van der Waals surface area contributed by atoms with E-state index >= 15 is 0 Å². The van der Waals surface area contributed by atoms with Gasteiger partial charge in [0.2, 0.25) is 10.0 Å². The van der Waals surface area contributed by atoms with Crippen LogP contribution in [-0.4, -0.2) is 37.4 Å². The van der Waals surface area contributed by atoms with E-state index in [0.717, 1.165) is 4.31 Å². The highest BCUT2D eigenvalue weighted by Gasteiger charge is 2.24. The summed E-state index contributed by atoms with van der Waals surface area (Å²) < 4.78 is 25.8. The zero-order chi connectivity index (χ0) is 14.8. The van der Waals surface area contributed by atoms with Crippen LogP contribution in [0.3, 0.4) is 0 Å². The molecule has 0 unspecified atom stereocenters. The predicted molar refractivity (Wildman–Crippen MR) is 72.9 cm³/mol. The lowest BCUT2D eigenvalue weighted by Crippen LogP contribution is -2.28. The largest absolute Gasteiger partial charge is 0.478 e. The molecule has 0 aliphatic heterocycles. The van der Waals surface area contributed by atoms with Crippen molar-refractivity contribution in [3.05, 3.63) is 41.5 Å². The minimum Gasteiger partial charge on any atom is -0.478 e. The summed E-state index contributed by atoms with van der Waals surface area (Å²) in [5, 5.41) is 9.06. The van der Waals surface area contributed by atoms with E-state index in [0.29, 0.717) is 11.1 Å². The number of aromatic carboxylic acids is 1. The Hall–Kier alpha value is -1.66. The van der Waals surface area contributed by atoms with E-state index in [-0.39, 0.29) is 17.0 Å². The number of carboxylic acids is 1. The Bertz CT molecular complexity index is 620. The maximum absolute atomic E-state index is 12.3. The summed E-state index contributed by atoms with van der Waals surface area (Å²) in [4.78, 5) is 11.1. The number of nitrogens with zero attached hydrogens (tertiary/aromatic N) is 1. The lowest BCUT2D eigenvalue weighted by molar-refractivity contribution is 0.0696. The highest BCUT2D eigenvalue weighted by atomic mass is 32.2. The number of carbonyl (C=O) groups is 1. The van der Waals surface area contributed by atoms with Crippen LogP contribution in [0.15, 0.2) is 29.7 Å². The molecule has 0 saturated heterocycles. The predicted octanol–water partition coefficient (Wildman–Crippen LogP) is 1.81. The second-order valence-electron chi connectivity index (χ2n) is 4.31. The van der Waals surface area contributed by atoms with Gasteiger partial charge in [0, 0.05) is 13.6 Å². The first-order chi connectivity index (χ1) is 8.71. The standard InChI is InChI=1S/C13H17NO4S/c1-5-6-14(4)19(17,18)12-8-11(13(15)16)9(2)7-10(12)3/h5,7-8H,1,6H2,2-4H3,(H,15,16). The molecule has 0 fully saturated rings. The SMILES string of the molecule is C=CCN(C)S(=O)(=O)c1cc(C(=O)O)c(C)cc1C. The molecule has 6 heteroatoms. The summed E-state index contributed by atoms with van der Waals surface area (Å²) >= 11 is 0. The normalized spacial score (nSPS) is 11.6. The van der Waals surface area contributed by atoms with E-state index in [1.165, 1.54) is 19.2 Å². The number of benzene rings is 1. The Balaban J connectivity index is 3.46. The molecule has 0 spiro atoms. The number of carboxylic acid groups (broad SMARTS) is 1. The first-order valence-electron chi connectivity index (χ1n) is 5.63.